The van der Waals surface area contributed by atoms with Gasteiger partial charge < -0.3 is 10.5 Å². The third kappa shape index (κ3) is 3.30. The van der Waals surface area contributed by atoms with Crippen molar-refractivity contribution in [2.75, 3.05) is 7.11 Å². The van der Waals surface area contributed by atoms with E-state index in [1.54, 1.807) is 18.0 Å². The maximum atomic E-state index is 12.1. The number of carbonyl (C=O) groups is 1. The second kappa shape index (κ2) is 5.82. The SMILES string of the molecule is COc1cnn(C(C)C)c1C(=O)CCC(C)N. The molecule has 0 saturated carbocycles. The van der Waals surface area contributed by atoms with Gasteiger partial charge in [-0.15, -0.1) is 0 Å². The summed E-state index contributed by atoms with van der Waals surface area (Å²) in [6, 6.07) is 0.161. The minimum Gasteiger partial charge on any atom is -0.493 e. The summed E-state index contributed by atoms with van der Waals surface area (Å²) in [5, 5.41) is 4.17. The van der Waals surface area contributed by atoms with Gasteiger partial charge in [-0.2, -0.15) is 5.10 Å². The molecule has 0 amide bonds. The van der Waals surface area contributed by atoms with Crippen molar-refractivity contribution >= 4 is 5.78 Å². The fourth-order valence-corrected chi connectivity index (χ4v) is 1.63. The van der Waals surface area contributed by atoms with E-state index in [2.05, 4.69) is 5.10 Å². The van der Waals surface area contributed by atoms with Gasteiger partial charge in [0, 0.05) is 18.5 Å². The molecule has 0 aliphatic carbocycles. The van der Waals surface area contributed by atoms with Gasteiger partial charge in [0.2, 0.25) is 0 Å². The molecule has 1 rings (SSSR count). The Morgan fingerprint density at radius 3 is 2.65 bits per heavy atom. The van der Waals surface area contributed by atoms with Crippen LogP contribution in [0.15, 0.2) is 6.20 Å². The van der Waals surface area contributed by atoms with Gasteiger partial charge in [0.15, 0.2) is 11.5 Å². The highest BCUT2D eigenvalue weighted by atomic mass is 16.5. The molecule has 1 aromatic rings. The Morgan fingerprint density at radius 2 is 2.18 bits per heavy atom. The molecule has 0 saturated heterocycles. The lowest BCUT2D eigenvalue weighted by atomic mass is 10.1. The minimum atomic E-state index is 0.0281. The van der Waals surface area contributed by atoms with Crippen molar-refractivity contribution < 1.29 is 9.53 Å². The predicted molar refractivity (Wildman–Crippen MR) is 66.4 cm³/mol. The first-order valence-electron chi connectivity index (χ1n) is 5.87. The third-order valence-electron chi connectivity index (χ3n) is 2.56. The number of aromatic nitrogens is 2. The van der Waals surface area contributed by atoms with Crippen LogP contribution < -0.4 is 10.5 Å². The van der Waals surface area contributed by atoms with E-state index in [0.29, 0.717) is 24.3 Å². The van der Waals surface area contributed by atoms with E-state index < -0.39 is 0 Å². The Kier molecular flexibility index (Phi) is 4.69. The van der Waals surface area contributed by atoms with Gasteiger partial charge in [-0.25, -0.2) is 0 Å². The molecule has 96 valence electrons. The van der Waals surface area contributed by atoms with Crippen LogP contribution in [0.25, 0.3) is 0 Å². The largest absolute Gasteiger partial charge is 0.493 e. The van der Waals surface area contributed by atoms with Crippen LogP contribution in [0.5, 0.6) is 5.75 Å². The van der Waals surface area contributed by atoms with E-state index in [4.69, 9.17) is 10.5 Å². The van der Waals surface area contributed by atoms with Crippen molar-refractivity contribution in [3.63, 3.8) is 0 Å². The summed E-state index contributed by atoms with van der Waals surface area (Å²) >= 11 is 0. The van der Waals surface area contributed by atoms with Crippen molar-refractivity contribution in [1.29, 1.82) is 0 Å². The van der Waals surface area contributed by atoms with E-state index in [9.17, 15) is 4.79 Å². The molecular weight excluding hydrogens is 218 g/mol. The molecule has 0 aliphatic rings. The predicted octanol–water partition coefficient (Wildman–Crippen LogP) is 1.78. The lowest BCUT2D eigenvalue weighted by Gasteiger charge is -2.11. The van der Waals surface area contributed by atoms with Gasteiger partial charge >= 0.3 is 0 Å². The average Bonchev–Trinajstić information content (AvgIpc) is 2.69. The van der Waals surface area contributed by atoms with E-state index in [1.165, 1.54) is 0 Å². The monoisotopic (exact) mass is 239 g/mol. The zero-order chi connectivity index (χ0) is 13.0. The van der Waals surface area contributed by atoms with Gasteiger partial charge in [-0.3, -0.25) is 9.48 Å². The molecular formula is C12H21N3O2. The number of rotatable bonds is 6. The van der Waals surface area contributed by atoms with Crippen LogP contribution in [0.4, 0.5) is 0 Å². The summed E-state index contributed by atoms with van der Waals surface area (Å²) in [5.74, 6) is 0.568. The maximum absolute atomic E-state index is 12.1. The van der Waals surface area contributed by atoms with Crippen LogP contribution in [-0.4, -0.2) is 28.7 Å². The van der Waals surface area contributed by atoms with Crippen LogP contribution >= 0.6 is 0 Å². The van der Waals surface area contributed by atoms with Crippen molar-refractivity contribution in [3.8, 4) is 5.75 Å². The molecule has 5 heteroatoms. The zero-order valence-corrected chi connectivity index (χ0v) is 10.9. The summed E-state index contributed by atoms with van der Waals surface area (Å²) in [4.78, 5) is 12.1. The Labute approximate surface area is 102 Å². The third-order valence-corrected chi connectivity index (χ3v) is 2.56. The molecule has 0 aliphatic heterocycles. The number of hydrogen-bond acceptors (Lipinski definition) is 4. The van der Waals surface area contributed by atoms with Gasteiger partial charge in [-0.05, 0) is 27.2 Å². The molecule has 2 N–H and O–H groups in total. The molecule has 5 nitrogen and oxygen atoms in total. The summed E-state index contributed by atoms with van der Waals surface area (Å²) in [6.45, 7) is 5.85. The number of methoxy groups -OCH3 is 1. The maximum Gasteiger partial charge on any atom is 0.184 e. The lowest BCUT2D eigenvalue weighted by Crippen LogP contribution is -2.19. The number of carbonyl (C=O) groups excluding carboxylic acids is 1. The second-order valence-corrected chi connectivity index (χ2v) is 4.54. The smallest absolute Gasteiger partial charge is 0.184 e. The number of ether oxygens (including phenoxy) is 1. The molecule has 1 unspecified atom stereocenters. The van der Waals surface area contributed by atoms with Crippen LogP contribution in [0, 0.1) is 0 Å². The van der Waals surface area contributed by atoms with Crippen molar-refractivity contribution in [2.24, 2.45) is 5.73 Å². The number of nitrogens with zero attached hydrogens (tertiary/aromatic N) is 2. The van der Waals surface area contributed by atoms with E-state index in [1.807, 2.05) is 20.8 Å². The number of nitrogens with two attached hydrogens (primary N) is 1. The van der Waals surface area contributed by atoms with E-state index in [0.717, 1.165) is 0 Å². The number of hydrogen-bond donors (Lipinski definition) is 1. The fraction of sp³-hybridized carbons (Fsp3) is 0.667. The summed E-state index contributed by atoms with van der Waals surface area (Å²) in [5.41, 5.74) is 6.20. The molecule has 1 heterocycles. The average molecular weight is 239 g/mol. The second-order valence-electron chi connectivity index (χ2n) is 4.54. The van der Waals surface area contributed by atoms with Crippen LogP contribution in [0.2, 0.25) is 0 Å². The summed E-state index contributed by atoms with van der Waals surface area (Å²) in [6.07, 6.45) is 2.68. The summed E-state index contributed by atoms with van der Waals surface area (Å²) < 4.78 is 6.87. The van der Waals surface area contributed by atoms with Crippen molar-refractivity contribution in [3.05, 3.63) is 11.9 Å². The molecule has 0 fully saturated rings. The van der Waals surface area contributed by atoms with E-state index in [-0.39, 0.29) is 17.9 Å². The lowest BCUT2D eigenvalue weighted by molar-refractivity contribution is 0.0962. The highest BCUT2D eigenvalue weighted by Gasteiger charge is 2.20. The molecule has 0 spiro atoms. The topological polar surface area (TPSA) is 70.1 Å². The van der Waals surface area contributed by atoms with Gasteiger partial charge in [0.25, 0.3) is 0 Å². The normalized spacial score (nSPS) is 12.8. The number of ketones is 1. The Bertz CT molecular complexity index is 383. The standard InChI is InChI=1S/C12H21N3O2/c1-8(2)15-12(11(17-4)7-14-15)10(16)6-5-9(3)13/h7-9H,5-6,13H2,1-4H3. The summed E-state index contributed by atoms with van der Waals surface area (Å²) in [7, 11) is 1.55. The van der Waals surface area contributed by atoms with Crippen LogP contribution in [-0.2, 0) is 0 Å². The highest BCUT2D eigenvalue weighted by molar-refractivity contribution is 5.97. The van der Waals surface area contributed by atoms with Crippen molar-refractivity contribution in [1.82, 2.24) is 9.78 Å². The first-order valence-corrected chi connectivity index (χ1v) is 5.87. The van der Waals surface area contributed by atoms with E-state index >= 15 is 0 Å². The van der Waals surface area contributed by atoms with Crippen LogP contribution in [0.3, 0.4) is 0 Å². The molecule has 0 radical (unpaired) electrons. The van der Waals surface area contributed by atoms with Gasteiger partial charge in [0.1, 0.15) is 5.69 Å². The Balaban J connectivity index is 2.93. The Hall–Kier alpha value is -1.36. The molecule has 1 atom stereocenters. The molecule has 0 aromatic carbocycles. The fourth-order valence-electron chi connectivity index (χ4n) is 1.63. The molecule has 17 heavy (non-hydrogen) atoms. The first kappa shape index (κ1) is 13.7. The zero-order valence-electron chi connectivity index (χ0n) is 10.9. The van der Waals surface area contributed by atoms with Gasteiger partial charge in [-0.1, -0.05) is 0 Å². The first-order chi connectivity index (χ1) is 7.97. The molecule has 1 aromatic heterocycles. The van der Waals surface area contributed by atoms with Crippen LogP contribution in [0.1, 0.15) is 50.1 Å². The minimum absolute atomic E-state index is 0.0281. The number of Topliss-reactive ketones (excluding diaryl/α,β-unsaturated/α-hetero) is 1. The van der Waals surface area contributed by atoms with Gasteiger partial charge in [0.05, 0.1) is 13.3 Å². The quantitative estimate of drug-likeness (QED) is 0.768. The Morgan fingerprint density at radius 1 is 1.53 bits per heavy atom. The highest BCUT2D eigenvalue weighted by Crippen LogP contribution is 2.23. The molecule has 0 bridgehead atoms. The van der Waals surface area contributed by atoms with Crippen molar-refractivity contribution in [2.45, 2.75) is 45.7 Å².